The van der Waals surface area contributed by atoms with Crippen molar-refractivity contribution in [3.05, 3.63) is 132 Å². The van der Waals surface area contributed by atoms with Crippen LogP contribution >= 0.6 is 22.2 Å². The van der Waals surface area contributed by atoms with Crippen molar-refractivity contribution in [3.63, 3.8) is 0 Å². The van der Waals surface area contributed by atoms with Crippen LogP contribution in [0.1, 0.15) is 15.9 Å². The van der Waals surface area contributed by atoms with Gasteiger partial charge in [-0.15, -0.1) is 22.2 Å². The lowest BCUT2D eigenvalue weighted by molar-refractivity contribution is 0.103. The average molecular weight is 435 g/mol. The lowest BCUT2D eigenvalue weighted by Gasteiger charge is -2.17. The Labute approximate surface area is 182 Å². The Morgan fingerprint density at radius 1 is 0.483 bits per heavy atom. The van der Waals surface area contributed by atoms with Gasteiger partial charge in [-0.3, -0.25) is 4.79 Å². The van der Waals surface area contributed by atoms with Gasteiger partial charge in [-0.25, -0.2) is 0 Å². The van der Waals surface area contributed by atoms with E-state index in [0.29, 0.717) is 0 Å². The van der Waals surface area contributed by atoms with E-state index in [0.717, 1.165) is 21.5 Å². The molecule has 1 nitrogen and oxygen atoms in total. The first-order chi connectivity index (χ1) is 14.1. The van der Waals surface area contributed by atoms with Crippen LogP contribution in [-0.4, -0.2) is 12.5 Å². The minimum atomic E-state index is -2.51. The van der Waals surface area contributed by atoms with E-state index in [-0.39, 0.29) is 5.78 Å². The van der Waals surface area contributed by atoms with Gasteiger partial charge >= 0.3 is 6.69 Å². The van der Waals surface area contributed by atoms with Gasteiger partial charge in [-0.05, 0) is 10.4 Å². The Balaban J connectivity index is 0.000000166. The van der Waals surface area contributed by atoms with E-state index in [1.54, 1.807) is 0 Å². The van der Waals surface area contributed by atoms with E-state index in [1.165, 1.54) is 0 Å². The molecule has 0 unspecified atom stereocenters. The molecule has 29 heavy (non-hydrogen) atoms. The molecule has 0 heterocycles. The Bertz CT molecular complexity index is 938. The molecular weight excluding hydrogens is 415 g/mol. The Kier molecular flexibility index (Phi) is 7.42. The Morgan fingerprint density at radius 3 is 1.07 bits per heavy atom. The number of carbonyl (C=O) groups is 1. The molecule has 0 atom stereocenters. The fourth-order valence-corrected chi connectivity index (χ4v) is 5.87. The lowest BCUT2D eigenvalue weighted by Crippen LogP contribution is -2.48. The Morgan fingerprint density at radius 2 is 0.759 bits per heavy atom. The minimum absolute atomic E-state index is 0.0752. The fourth-order valence-electron chi connectivity index (χ4n) is 2.81. The molecule has 0 bridgehead atoms. The van der Waals surface area contributed by atoms with Gasteiger partial charge in [-0.1, -0.05) is 121 Å². The Hall–Kier alpha value is -2.65. The first kappa shape index (κ1) is 21.1. The van der Waals surface area contributed by atoms with Crippen molar-refractivity contribution in [2.45, 2.75) is 0 Å². The van der Waals surface area contributed by atoms with Crippen molar-refractivity contribution >= 4 is 45.0 Å². The van der Waals surface area contributed by atoms with E-state index < -0.39 is 6.69 Å². The molecule has 0 spiro atoms. The molecule has 0 aliphatic rings. The van der Waals surface area contributed by atoms with Crippen LogP contribution in [0.5, 0.6) is 0 Å². The second-order valence-corrected chi connectivity index (χ2v) is 12.7. The highest BCUT2D eigenvalue weighted by molar-refractivity contribution is 7.56. The SMILES string of the molecule is Cl[Si](Cl)(c1ccccc1)c1ccccc1.O=C(c1ccccc1)c1ccccc1. The number of rotatable bonds is 4. The third kappa shape index (κ3) is 5.67. The first-order valence-corrected chi connectivity index (χ1v) is 13.2. The standard InChI is InChI=1S/C13H10O.C12H10Cl2Si/c14-13(11-7-3-1-4-8-11)12-9-5-2-6-10-12;13-15(14,11-7-3-1-4-8-11)12-9-5-2-6-10-12/h1-10H;1-10H. The number of ketones is 1. The van der Waals surface area contributed by atoms with Gasteiger partial charge in [0.25, 0.3) is 0 Å². The van der Waals surface area contributed by atoms with Gasteiger partial charge < -0.3 is 0 Å². The van der Waals surface area contributed by atoms with Crippen LogP contribution in [0.25, 0.3) is 0 Å². The van der Waals surface area contributed by atoms with Crippen molar-refractivity contribution in [1.82, 2.24) is 0 Å². The molecule has 0 aliphatic carbocycles. The van der Waals surface area contributed by atoms with Crippen LogP contribution in [0.4, 0.5) is 0 Å². The van der Waals surface area contributed by atoms with Crippen LogP contribution in [0.15, 0.2) is 121 Å². The predicted molar refractivity (Wildman–Crippen MR) is 126 cm³/mol. The third-order valence-electron chi connectivity index (χ3n) is 4.34. The topological polar surface area (TPSA) is 17.1 Å². The zero-order chi connectivity index (χ0) is 20.5. The maximum absolute atomic E-state index is 11.8. The summed E-state index contributed by atoms with van der Waals surface area (Å²) < 4.78 is 0. The van der Waals surface area contributed by atoms with Crippen molar-refractivity contribution in [3.8, 4) is 0 Å². The molecule has 0 saturated heterocycles. The summed E-state index contributed by atoms with van der Waals surface area (Å²) in [6, 6.07) is 38.3. The number of hydrogen-bond donors (Lipinski definition) is 0. The molecule has 4 aromatic carbocycles. The highest BCUT2D eigenvalue weighted by Gasteiger charge is 2.32. The molecule has 0 saturated carbocycles. The van der Waals surface area contributed by atoms with E-state index >= 15 is 0 Å². The van der Waals surface area contributed by atoms with Crippen LogP contribution < -0.4 is 10.4 Å². The summed E-state index contributed by atoms with van der Waals surface area (Å²) in [5.74, 6) is 0.0752. The van der Waals surface area contributed by atoms with Crippen LogP contribution in [-0.2, 0) is 0 Å². The van der Waals surface area contributed by atoms with Gasteiger partial charge in [0.05, 0.1) is 0 Å². The van der Waals surface area contributed by atoms with Crippen LogP contribution in [0.3, 0.4) is 0 Å². The fraction of sp³-hybridized carbons (Fsp3) is 0. The number of benzene rings is 4. The normalized spacial score (nSPS) is 10.6. The average Bonchev–Trinajstić information content (AvgIpc) is 2.81. The van der Waals surface area contributed by atoms with Crippen molar-refractivity contribution in [1.29, 1.82) is 0 Å². The summed E-state index contributed by atoms with van der Waals surface area (Å²) in [5.41, 5.74) is 1.47. The monoisotopic (exact) mass is 434 g/mol. The third-order valence-corrected chi connectivity index (χ3v) is 9.08. The molecule has 0 amide bonds. The van der Waals surface area contributed by atoms with Crippen LogP contribution in [0.2, 0.25) is 0 Å². The highest BCUT2D eigenvalue weighted by Crippen LogP contribution is 2.14. The van der Waals surface area contributed by atoms with Crippen molar-refractivity contribution in [2.75, 3.05) is 0 Å². The number of halogens is 2. The first-order valence-electron chi connectivity index (χ1n) is 9.22. The van der Waals surface area contributed by atoms with Gasteiger partial charge in [-0.2, -0.15) is 0 Å². The summed E-state index contributed by atoms with van der Waals surface area (Å²) in [6.45, 7) is -2.51. The van der Waals surface area contributed by atoms with E-state index in [9.17, 15) is 4.79 Å². The molecule has 0 N–H and O–H groups in total. The molecule has 4 rings (SSSR count). The highest BCUT2D eigenvalue weighted by atomic mass is 35.7. The van der Waals surface area contributed by atoms with Crippen molar-refractivity contribution < 1.29 is 4.79 Å². The second-order valence-electron chi connectivity index (χ2n) is 6.37. The largest absolute Gasteiger partial charge is 0.310 e. The van der Waals surface area contributed by atoms with E-state index in [1.807, 2.05) is 121 Å². The summed E-state index contributed by atoms with van der Waals surface area (Å²) in [5, 5.41) is 2.05. The molecular formula is C25H20Cl2OSi. The smallest absolute Gasteiger partial charge is 0.289 e. The predicted octanol–water partition coefficient (Wildman–Crippen LogP) is 5.64. The molecule has 0 aliphatic heterocycles. The van der Waals surface area contributed by atoms with E-state index in [4.69, 9.17) is 22.2 Å². The minimum Gasteiger partial charge on any atom is -0.289 e. The maximum atomic E-state index is 11.8. The second kappa shape index (κ2) is 10.2. The maximum Gasteiger partial charge on any atom is 0.310 e. The van der Waals surface area contributed by atoms with Gasteiger partial charge in [0.1, 0.15) is 0 Å². The van der Waals surface area contributed by atoms with Gasteiger partial charge in [0.15, 0.2) is 5.78 Å². The van der Waals surface area contributed by atoms with Gasteiger partial charge in [0.2, 0.25) is 0 Å². The summed E-state index contributed by atoms with van der Waals surface area (Å²) in [7, 11) is 0. The summed E-state index contributed by atoms with van der Waals surface area (Å²) >= 11 is 13.0. The molecule has 4 aromatic rings. The van der Waals surface area contributed by atoms with Gasteiger partial charge in [0, 0.05) is 11.1 Å². The number of carbonyl (C=O) groups excluding carboxylic acids is 1. The zero-order valence-corrected chi connectivity index (χ0v) is 18.2. The molecule has 0 aromatic heterocycles. The summed E-state index contributed by atoms with van der Waals surface area (Å²) in [4.78, 5) is 11.8. The zero-order valence-electron chi connectivity index (χ0n) is 15.7. The molecule has 0 fully saturated rings. The number of hydrogen-bond acceptors (Lipinski definition) is 1. The van der Waals surface area contributed by atoms with Crippen molar-refractivity contribution in [2.24, 2.45) is 0 Å². The van der Waals surface area contributed by atoms with E-state index in [2.05, 4.69) is 0 Å². The quantitative estimate of drug-likeness (QED) is 0.230. The lowest BCUT2D eigenvalue weighted by atomic mass is 10.0. The summed E-state index contributed by atoms with van der Waals surface area (Å²) in [6.07, 6.45) is 0. The molecule has 4 heteroatoms. The molecule has 144 valence electrons. The molecule has 0 radical (unpaired) electrons. The van der Waals surface area contributed by atoms with Crippen LogP contribution in [0, 0.1) is 0 Å².